The van der Waals surface area contributed by atoms with Gasteiger partial charge < -0.3 is 20.7 Å². The molecule has 8 heteroatoms. The number of nitrogen functional groups attached to an aromatic ring is 1. The number of anilines is 2. The van der Waals surface area contributed by atoms with E-state index in [0.717, 1.165) is 31.4 Å². The van der Waals surface area contributed by atoms with Gasteiger partial charge >= 0.3 is 6.09 Å². The summed E-state index contributed by atoms with van der Waals surface area (Å²) in [4.78, 5) is 14.6. The molecule has 0 aromatic heterocycles. The number of amides is 1. The maximum absolute atomic E-state index is 12.5. The maximum atomic E-state index is 12.5. The van der Waals surface area contributed by atoms with Gasteiger partial charge in [0.15, 0.2) is 9.84 Å². The highest BCUT2D eigenvalue weighted by atomic mass is 32.2. The molecule has 2 heterocycles. The Hall–Kier alpha value is -1.96. The van der Waals surface area contributed by atoms with Crippen LogP contribution < -0.4 is 11.1 Å². The second kappa shape index (κ2) is 6.89. The van der Waals surface area contributed by atoms with Crippen LogP contribution in [0, 0.1) is 0 Å². The lowest BCUT2D eigenvalue weighted by atomic mass is 9.97. The van der Waals surface area contributed by atoms with E-state index in [1.807, 2.05) is 25.7 Å². The normalized spacial score (nSPS) is 25.3. The van der Waals surface area contributed by atoms with E-state index in [9.17, 15) is 13.2 Å². The number of fused-ring (bicyclic) bond motifs is 2. The number of rotatable bonds is 3. The Kier molecular flexibility index (Phi) is 5.05. The van der Waals surface area contributed by atoms with Crippen molar-refractivity contribution in [1.29, 1.82) is 0 Å². The van der Waals surface area contributed by atoms with Crippen LogP contribution in [0.3, 0.4) is 0 Å². The minimum Gasteiger partial charge on any atom is -0.444 e. The first-order valence-corrected chi connectivity index (χ1v) is 11.2. The summed E-state index contributed by atoms with van der Waals surface area (Å²) in [5, 5.41) is 3.44. The average Bonchev–Trinajstić information content (AvgIpc) is 2.78. The lowest BCUT2D eigenvalue weighted by Gasteiger charge is -2.40. The SMILES string of the molecule is CC(C)(C)OC(=O)N1[C@@H]2CC[C@H]1C[C@@H](Nc1ccc(S(C)(=O)=O)cc1N)C2. The fraction of sp³-hybridized carbons (Fsp3) is 0.632. The van der Waals surface area contributed by atoms with Crippen LogP contribution in [-0.4, -0.2) is 49.4 Å². The van der Waals surface area contributed by atoms with Crippen molar-refractivity contribution in [2.45, 2.75) is 75.1 Å². The number of hydrogen-bond donors (Lipinski definition) is 2. The van der Waals surface area contributed by atoms with Crippen LogP contribution in [0.1, 0.15) is 46.5 Å². The number of nitrogens with one attached hydrogen (secondary N) is 1. The van der Waals surface area contributed by atoms with Gasteiger partial charge in [0.05, 0.1) is 16.3 Å². The van der Waals surface area contributed by atoms with E-state index in [1.165, 1.54) is 12.3 Å². The highest BCUT2D eigenvalue weighted by Crippen LogP contribution is 2.38. The van der Waals surface area contributed by atoms with Crippen LogP contribution in [0.4, 0.5) is 16.2 Å². The topological polar surface area (TPSA) is 102 Å². The van der Waals surface area contributed by atoms with Gasteiger partial charge in [-0.1, -0.05) is 0 Å². The number of carbonyl (C=O) groups is 1. The van der Waals surface area contributed by atoms with Crippen LogP contribution in [0.25, 0.3) is 0 Å². The maximum Gasteiger partial charge on any atom is 0.410 e. The summed E-state index contributed by atoms with van der Waals surface area (Å²) in [7, 11) is -3.28. The molecule has 1 aromatic rings. The summed E-state index contributed by atoms with van der Waals surface area (Å²) in [6, 6.07) is 5.28. The molecule has 1 amide bonds. The number of sulfone groups is 1. The number of piperidine rings is 1. The van der Waals surface area contributed by atoms with E-state index >= 15 is 0 Å². The summed E-state index contributed by atoms with van der Waals surface area (Å²) in [5.74, 6) is 0. The molecule has 0 saturated carbocycles. The van der Waals surface area contributed by atoms with Crippen LogP contribution in [-0.2, 0) is 14.6 Å². The average molecular weight is 396 g/mol. The minimum absolute atomic E-state index is 0.160. The highest BCUT2D eigenvalue weighted by molar-refractivity contribution is 7.90. The lowest BCUT2D eigenvalue weighted by Crippen LogP contribution is -2.51. The number of benzene rings is 1. The van der Waals surface area contributed by atoms with Crippen molar-refractivity contribution in [3.63, 3.8) is 0 Å². The van der Waals surface area contributed by atoms with Crippen LogP contribution in [0.15, 0.2) is 23.1 Å². The molecule has 2 saturated heterocycles. The largest absolute Gasteiger partial charge is 0.444 e. The van der Waals surface area contributed by atoms with E-state index < -0.39 is 15.4 Å². The third kappa shape index (κ3) is 4.48. The van der Waals surface area contributed by atoms with E-state index in [1.54, 1.807) is 12.1 Å². The molecule has 0 aliphatic carbocycles. The summed E-state index contributed by atoms with van der Waals surface area (Å²) in [6.07, 6.45) is 4.53. The van der Waals surface area contributed by atoms with Gasteiger partial charge in [-0.15, -0.1) is 0 Å². The molecule has 0 radical (unpaired) electrons. The van der Waals surface area contributed by atoms with Crippen molar-refractivity contribution in [3.8, 4) is 0 Å². The monoisotopic (exact) mass is 395 g/mol. The first-order valence-electron chi connectivity index (χ1n) is 9.31. The lowest BCUT2D eigenvalue weighted by molar-refractivity contribution is 0.00683. The fourth-order valence-corrected chi connectivity index (χ4v) is 4.69. The van der Waals surface area contributed by atoms with Crippen molar-refractivity contribution >= 4 is 27.3 Å². The molecular formula is C19H29N3O4S. The van der Waals surface area contributed by atoms with Gasteiger partial charge in [0.2, 0.25) is 0 Å². The fourth-order valence-electron chi connectivity index (χ4n) is 4.03. The zero-order valence-corrected chi connectivity index (χ0v) is 17.2. The third-order valence-electron chi connectivity index (χ3n) is 5.15. The number of carbonyl (C=O) groups excluding carboxylic acids is 1. The van der Waals surface area contributed by atoms with Gasteiger partial charge in [-0.2, -0.15) is 0 Å². The number of nitrogens with two attached hydrogens (primary N) is 1. The van der Waals surface area contributed by atoms with Gasteiger partial charge in [0, 0.05) is 24.4 Å². The number of hydrogen-bond acceptors (Lipinski definition) is 6. The molecule has 7 nitrogen and oxygen atoms in total. The minimum atomic E-state index is -3.28. The van der Waals surface area contributed by atoms with Gasteiger partial charge in [0.1, 0.15) is 5.60 Å². The predicted octanol–water partition coefficient (Wildman–Crippen LogP) is 3.01. The number of ether oxygens (including phenoxy) is 1. The molecule has 2 bridgehead atoms. The summed E-state index contributed by atoms with van der Waals surface area (Å²) < 4.78 is 28.9. The van der Waals surface area contributed by atoms with Crippen LogP contribution in [0.2, 0.25) is 0 Å². The van der Waals surface area contributed by atoms with Crippen molar-refractivity contribution in [2.75, 3.05) is 17.3 Å². The van der Waals surface area contributed by atoms with Crippen molar-refractivity contribution < 1.29 is 17.9 Å². The van der Waals surface area contributed by atoms with Crippen LogP contribution in [0.5, 0.6) is 0 Å². The molecule has 27 heavy (non-hydrogen) atoms. The summed E-state index contributed by atoms with van der Waals surface area (Å²) in [6.45, 7) is 5.64. The highest BCUT2D eigenvalue weighted by Gasteiger charge is 2.44. The molecule has 150 valence electrons. The molecule has 3 rings (SSSR count). The molecule has 2 aliphatic rings. The second-order valence-electron chi connectivity index (χ2n) is 8.61. The Bertz CT molecular complexity index is 818. The second-order valence-corrected chi connectivity index (χ2v) is 10.6. The Morgan fingerprint density at radius 1 is 1.22 bits per heavy atom. The Labute approximate surface area is 161 Å². The van der Waals surface area contributed by atoms with Crippen molar-refractivity contribution in [1.82, 2.24) is 4.90 Å². The molecule has 2 fully saturated rings. The van der Waals surface area contributed by atoms with Crippen molar-refractivity contribution in [2.24, 2.45) is 0 Å². The molecular weight excluding hydrogens is 366 g/mol. The molecule has 3 atom stereocenters. The molecule has 1 aromatic carbocycles. The first-order chi connectivity index (χ1) is 12.4. The zero-order chi connectivity index (χ0) is 20.0. The summed E-state index contributed by atoms with van der Waals surface area (Å²) >= 11 is 0. The first kappa shape index (κ1) is 19.8. The number of nitrogens with zero attached hydrogens (tertiary/aromatic N) is 1. The van der Waals surface area contributed by atoms with Gasteiger partial charge in [-0.3, -0.25) is 0 Å². The third-order valence-corrected chi connectivity index (χ3v) is 6.26. The molecule has 2 aliphatic heterocycles. The molecule has 0 spiro atoms. The van der Waals surface area contributed by atoms with Crippen molar-refractivity contribution in [3.05, 3.63) is 18.2 Å². The van der Waals surface area contributed by atoms with Gasteiger partial charge in [0.25, 0.3) is 0 Å². The van der Waals surface area contributed by atoms with E-state index in [0.29, 0.717) is 5.69 Å². The van der Waals surface area contributed by atoms with Gasteiger partial charge in [-0.25, -0.2) is 13.2 Å². The zero-order valence-electron chi connectivity index (χ0n) is 16.4. The predicted molar refractivity (Wildman–Crippen MR) is 105 cm³/mol. The van der Waals surface area contributed by atoms with E-state index in [-0.39, 0.29) is 29.1 Å². The Morgan fingerprint density at radius 3 is 2.30 bits per heavy atom. The van der Waals surface area contributed by atoms with E-state index in [4.69, 9.17) is 10.5 Å². The molecule has 3 N–H and O–H groups in total. The smallest absolute Gasteiger partial charge is 0.410 e. The van der Waals surface area contributed by atoms with Crippen LogP contribution >= 0.6 is 0 Å². The molecule has 0 unspecified atom stereocenters. The Balaban J connectivity index is 1.68. The standard InChI is InChI=1S/C19H29N3O4S/c1-19(2,3)26-18(23)22-13-5-6-14(22)10-12(9-13)21-17-8-7-15(11-16(17)20)27(4,24)25/h7-8,11-14,21H,5-6,9-10,20H2,1-4H3/t12-,13+,14-. The van der Waals surface area contributed by atoms with E-state index in [2.05, 4.69) is 5.32 Å². The van der Waals surface area contributed by atoms with Gasteiger partial charge in [-0.05, 0) is 64.7 Å². The Morgan fingerprint density at radius 2 is 1.81 bits per heavy atom. The quantitative estimate of drug-likeness (QED) is 0.763. The summed E-state index contributed by atoms with van der Waals surface area (Å²) in [5.41, 5.74) is 6.71.